The van der Waals surface area contributed by atoms with E-state index < -0.39 is 0 Å². The standard InChI is InChI=1S/C29H30ClN5OS/c1-19-17-23(20(2)35(19)25-18-21(30)12-13-26(25)36)28-27(24-11-6-7-14-32-24)33-29(37)34(28)16-8-15-31-22-9-4-3-5-10-22/h3-7,9-14,17-18,27-28,31,36H,8,15-16H2,1-2H3,(H,33,37)/t27-,28-/m0/s1. The Morgan fingerprint density at radius 3 is 2.59 bits per heavy atom. The van der Waals surface area contributed by atoms with Gasteiger partial charge in [-0.05, 0) is 86.6 Å². The highest BCUT2D eigenvalue weighted by Crippen LogP contribution is 2.42. The van der Waals surface area contributed by atoms with Crippen LogP contribution in [0.15, 0.2) is 79.0 Å². The summed E-state index contributed by atoms with van der Waals surface area (Å²) in [7, 11) is 0. The lowest BCUT2D eigenvalue weighted by molar-refractivity contribution is 0.315. The highest BCUT2D eigenvalue weighted by atomic mass is 35.5. The number of aromatic nitrogens is 2. The zero-order chi connectivity index (χ0) is 25.9. The Hall–Kier alpha value is -3.55. The Morgan fingerprint density at radius 2 is 1.84 bits per heavy atom. The molecule has 0 unspecified atom stereocenters. The topological polar surface area (TPSA) is 65.4 Å². The number of nitrogens with zero attached hydrogens (tertiary/aromatic N) is 3. The van der Waals surface area contributed by atoms with Crippen molar-refractivity contribution >= 4 is 34.6 Å². The van der Waals surface area contributed by atoms with Crippen LogP contribution in [-0.4, -0.2) is 37.8 Å². The van der Waals surface area contributed by atoms with Gasteiger partial charge in [0.25, 0.3) is 0 Å². The second-order valence-electron chi connectivity index (χ2n) is 9.26. The van der Waals surface area contributed by atoms with Crippen molar-refractivity contribution in [2.24, 2.45) is 0 Å². The maximum atomic E-state index is 10.6. The molecule has 4 aromatic rings. The first-order valence-electron chi connectivity index (χ1n) is 12.4. The summed E-state index contributed by atoms with van der Waals surface area (Å²) < 4.78 is 2.06. The van der Waals surface area contributed by atoms with Crippen molar-refractivity contribution in [2.75, 3.05) is 18.4 Å². The first-order chi connectivity index (χ1) is 17.9. The van der Waals surface area contributed by atoms with E-state index in [-0.39, 0.29) is 17.8 Å². The molecule has 8 heteroatoms. The van der Waals surface area contributed by atoms with Crippen LogP contribution in [0, 0.1) is 13.8 Å². The number of anilines is 1. The first kappa shape index (κ1) is 25.1. The number of para-hydroxylation sites is 1. The van der Waals surface area contributed by atoms with Crippen LogP contribution in [-0.2, 0) is 0 Å². The lowest BCUT2D eigenvalue weighted by Crippen LogP contribution is -2.31. The van der Waals surface area contributed by atoms with Crippen LogP contribution >= 0.6 is 23.8 Å². The normalized spacial score (nSPS) is 17.2. The van der Waals surface area contributed by atoms with E-state index in [1.165, 1.54) is 0 Å². The van der Waals surface area contributed by atoms with Crippen molar-refractivity contribution < 1.29 is 5.11 Å². The van der Waals surface area contributed by atoms with Crippen molar-refractivity contribution in [2.45, 2.75) is 32.4 Å². The van der Waals surface area contributed by atoms with Gasteiger partial charge in [0, 0.05) is 41.4 Å². The van der Waals surface area contributed by atoms with E-state index in [1.54, 1.807) is 18.2 Å². The number of benzene rings is 2. The van der Waals surface area contributed by atoms with Gasteiger partial charge >= 0.3 is 0 Å². The second kappa shape index (κ2) is 10.8. The molecule has 37 heavy (non-hydrogen) atoms. The smallest absolute Gasteiger partial charge is 0.170 e. The number of nitrogens with one attached hydrogen (secondary N) is 2. The zero-order valence-electron chi connectivity index (χ0n) is 20.9. The lowest BCUT2D eigenvalue weighted by atomic mass is 9.96. The van der Waals surface area contributed by atoms with E-state index in [2.05, 4.69) is 50.2 Å². The summed E-state index contributed by atoms with van der Waals surface area (Å²) in [6.07, 6.45) is 2.73. The molecule has 0 aliphatic carbocycles. The van der Waals surface area contributed by atoms with Gasteiger partial charge in [0.1, 0.15) is 5.75 Å². The number of phenolic OH excluding ortho intramolecular Hbond substituents is 1. The third-order valence-electron chi connectivity index (χ3n) is 6.84. The molecule has 2 aromatic carbocycles. The Kier molecular flexibility index (Phi) is 7.35. The van der Waals surface area contributed by atoms with Crippen LogP contribution in [0.1, 0.15) is 41.1 Å². The Balaban J connectivity index is 1.48. The minimum absolute atomic E-state index is 0.0552. The summed E-state index contributed by atoms with van der Waals surface area (Å²) in [5, 5.41) is 19.0. The fraction of sp³-hybridized carbons (Fsp3) is 0.241. The van der Waals surface area contributed by atoms with Crippen molar-refractivity contribution in [3.05, 3.63) is 107 Å². The number of aryl methyl sites for hydroxylation is 1. The van der Waals surface area contributed by atoms with Crippen molar-refractivity contribution in [3.8, 4) is 11.4 Å². The third kappa shape index (κ3) is 5.15. The highest BCUT2D eigenvalue weighted by molar-refractivity contribution is 7.80. The highest BCUT2D eigenvalue weighted by Gasteiger charge is 2.41. The van der Waals surface area contributed by atoms with Gasteiger partial charge in [0.05, 0.1) is 23.5 Å². The fourth-order valence-electron chi connectivity index (χ4n) is 5.16. The van der Waals surface area contributed by atoms with E-state index in [0.29, 0.717) is 10.7 Å². The Morgan fingerprint density at radius 1 is 1.05 bits per heavy atom. The zero-order valence-corrected chi connectivity index (χ0v) is 22.4. The molecule has 1 aliphatic rings. The van der Waals surface area contributed by atoms with Gasteiger partial charge < -0.3 is 25.2 Å². The predicted molar refractivity (Wildman–Crippen MR) is 154 cm³/mol. The predicted octanol–water partition coefficient (Wildman–Crippen LogP) is 6.32. The number of hydrogen-bond donors (Lipinski definition) is 3. The molecule has 190 valence electrons. The van der Waals surface area contributed by atoms with Crippen LogP contribution in [0.5, 0.6) is 5.75 Å². The summed E-state index contributed by atoms with van der Waals surface area (Å²) in [6.45, 7) is 5.74. The number of aromatic hydroxyl groups is 1. The van der Waals surface area contributed by atoms with E-state index in [0.717, 1.165) is 53.0 Å². The number of rotatable bonds is 8. The van der Waals surface area contributed by atoms with E-state index >= 15 is 0 Å². The monoisotopic (exact) mass is 531 g/mol. The van der Waals surface area contributed by atoms with Crippen LogP contribution in [0.25, 0.3) is 5.69 Å². The SMILES string of the molecule is Cc1cc([C@H]2[C@H](c3ccccn3)NC(=S)N2CCCNc2ccccc2)c(C)n1-c1cc(Cl)ccc1O. The molecule has 0 spiro atoms. The van der Waals surface area contributed by atoms with Gasteiger partial charge in [-0.25, -0.2) is 0 Å². The minimum atomic E-state index is -0.0994. The molecular formula is C29H30ClN5OS. The number of thiocarbonyl (C=S) groups is 1. The van der Waals surface area contributed by atoms with Crippen molar-refractivity contribution in [1.82, 2.24) is 19.8 Å². The maximum absolute atomic E-state index is 10.6. The molecule has 0 bridgehead atoms. The molecule has 0 amide bonds. The molecule has 1 fully saturated rings. The van der Waals surface area contributed by atoms with Crippen LogP contribution in [0.2, 0.25) is 5.02 Å². The van der Waals surface area contributed by atoms with Gasteiger partial charge in [0.2, 0.25) is 0 Å². The van der Waals surface area contributed by atoms with Crippen LogP contribution in [0.3, 0.4) is 0 Å². The minimum Gasteiger partial charge on any atom is -0.506 e. The van der Waals surface area contributed by atoms with E-state index in [4.69, 9.17) is 23.8 Å². The van der Waals surface area contributed by atoms with Gasteiger partial charge in [-0.2, -0.15) is 0 Å². The van der Waals surface area contributed by atoms with E-state index in [1.807, 2.05) is 49.5 Å². The van der Waals surface area contributed by atoms with Gasteiger partial charge in [-0.15, -0.1) is 0 Å². The lowest BCUT2D eigenvalue weighted by Gasteiger charge is -2.28. The largest absolute Gasteiger partial charge is 0.506 e. The quantitative estimate of drug-likeness (QED) is 0.182. The summed E-state index contributed by atoms with van der Waals surface area (Å²) in [4.78, 5) is 6.93. The van der Waals surface area contributed by atoms with Gasteiger partial charge in [-0.3, -0.25) is 4.98 Å². The van der Waals surface area contributed by atoms with Gasteiger partial charge in [-0.1, -0.05) is 35.9 Å². The third-order valence-corrected chi connectivity index (χ3v) is 7.43. The maximum Gasteiger partial charge on any atom is 0.170 e. The van der Waals surface area contributed by atoms with Gasteiger partial charge in [0.15, 0.2) is 5.11 Å². The van der Waals surface area contributed by atoms with Crippen molar-refractivity contribution in [1.29, 1.82) is 0 Å². The molecule has 0 radical (unpaired) electrons. The van der Waals surface area contributed by atoms with Crippen LogP contribution < -0.4 is 10.6 Å². The number of phenols is 1. The summed E-state index contributed by atoms with van der Waals surface area (Å²) in [5.74, 6) is 0.183. The molecule has 3 heterocycles. The average molecular weight is 532 g/mol. The molecule has 0 saturated carbocycles. The molecule has 5 rings (SSSR count). The Labute approximate surface area is 227 Å². The average Bonchev–Trinajstić information content (AvgIpc) is 3.39. The second-order valence-corrected chi connectivity index (χ2v) is 10.1. The number of hydrogen-bond acceptors (Lipinski definition) is 4. The first-order valence-corrected chi connectivity index (χ1v) is 13.2. The van der Waals surface area contributed by atoms with Crippen LogP contribution in [0.4, 0.5) is 5.69 Å². The fourth-order valence-corrected chi connectivity index (χ4v) is 5.65. The number of pyridine rings is 1. The molecule has 1 aliphatic heterocycles. The molecule has 1 saturated heterocycles. The molecule has 3 N–H and O–H groups in total. The molecule has 6 nitrogen and oxygen atoms in total. The number of halogens is 1. The summed E-state index contributed by atoms with van der Waals surface area (Å²) in [6, 6.07) is 23.3. The molecule has 2 atom stereocenters. The van der Waals surface area contributed by atoms with Crippen molar-refractivity contribution in [3.63, 3.8) is 0 Å². The molecule has 2 aromatic heterocycles. The Bertz CT molecular complexity index is 1390. The van der Waals surface area contributed by atoms with E-state index in [9.17, 15) is 5.11 Å². The molecular weight excluding hydrogens is 502 g/mol. The summed E-state index contributed by atoms with van der Waals surface area (Å²) in [5.41, 5.74) is 5.88. The summed E-state index contributed by atoms with van der Waals surface area (Å²) >= 11 is 12.1.